The van der Waals surface area contributed by atoms with Crippen LogP contribution in [0.15, 0.2) is 42.5 Å². The Morgan fingerprint density at radius 1 is 1.17 bits per heavy atom. The fourth-order valence-corrected chi connectivity index (χ4v) is 5.25. The fraction of sp³-hybridized carbons (Fsp3) is 0.667. The first kappa shape index (κ1) is 29.0. The minimum atomic E-state index is -2.26. The molecule has 2 heterocycles. The highest BCUT2D eigenvalue weighted by atomic mass is 28.4. The molecule has 8 nitrogen and oxygen atoms in total. The molecule has 5 atom stereocenters. The topological polar surface area (TPSA) is 92.7 Å². The quantitative estimate of drug-likeness (QED) is 0.276. The van der Waals surface area contributed by atoms with Crippen LogP contribution in [0.2, 0.25) is 18.1 Å². The lowest BCUT2D eigenvalue weighted by Gasteiger charge is -2.42. The van der Waals surface area contributed by atoms with Gasteiger partial charge in [-0.25, -0.2) is 4.79 Å². The van der Waals surface area contributed by atoms with E-state index in [1.807, 2.05) is 44.2 Å². The normalized spacial score (nSPS) is 27.4. The van der Waals surface area contributed by atoms with Crippen molar-refractivity contribution >= 4 is 14.3 Å². The average Bonchev–Trinajstić information content (AvgIpc) is 3.27. The van der Waals surface area contributed by atoms with Gasteiger partial charge >= 0.3 is 5.97 Å². The Balaban J connectivity index is 1.92. The van der Waals surface area contributed by atoms with Crippen molar-refractivity contribution in [3.63, 3.8) is 0 Å². The van der Waals surface area contributed by atoms with Crippen LogP contribution in [0.3, 0.4) is 0 Å². The highest BCUT2D eigenvalue weighted by molar-refractivity contribution is 6.74. The minimum absolute atomic E-state index is 0.0712. The number of ether oxygens (including phenoxy) is 5. The third-order valence-corrected chi connectivity index (χ3v) is 11.8. The predicted octanol–water partition coefficient (Wildman–Crippen LogP) is 4.32. The van der Waals surface area contributed by atoms with Crippen molar-refractivity contribution < 1.29 is 38.0 Å². The van der Waals surface area contributed by atoms with Crippen molar-refractivity contribution in [3.8, 4) is 0 Å². The van der Waals surface area contributed by atoms with Gasteiger partial charge in [-0.2, -0.15) is 0 Å². The summed E-state index contributed by atoms with van der Waals surface area (Å²) in [5.41, 5.74) is -0.565. The summed E-state index contributed by atoms with van der Waals surface area (Å²) in [5, 5.41) is 12.0. The molecule has 0 radical (unpaired) electrons. The monoisotopic (exact) mass is 522 g/mol. The van der Waals surface area contributed by atoms with Gasteiger partial charge in [0.25, 0.3) is 0 Å². The number of hydrogen-bond acceptors (Lipinski definition) is 8. The van der Waals surface area contributed by atoms with Gasteiger partial charge in [-0.15, -0.1) is 0 Å². The third-order valence-electron chi connectivity index (χ3n) is 7.29. The van der Waals surface area contributed by atoms with Crippen LogP contribution in [0.25, 0.3) is 0 Å². The molecule has 0 aliphatic carbocycles. The molecule has 2 aliphatic rings. The maximum absolute atomic E-state index is 12.3. The van der Waals surface area contributed by atoms with Crippen molar-refractivity contribution in [2.75, 3.05) is 13.7 Å². The van der Waals surface area contributed by atoms with Gasteiger partial charge in [-0.1, -0.05) is 57.7 Å². The number of hydrogen-bond donors (Lipinski definition) is 1. The van der Waals surface area contributed by atoms with Crippen molar-refractivity contribution in [1.82, 2.24) is 0 Å². The van der Waals surface area contributed by atoms with Gasteiger partial charge in [0.05, 0.1) is 20.3 Å². The molecule has 2 fully saturated rings. The maximum atomic E-state index is 12.3. The van der Waals surface area contributed by atoms with Crippen LogP contribution in [-0.2, 0) is 39.5 Å². The lowest BCUT2D eigenvalue weighted by Crippen LogP contribution is -2.56. The zero-order chi connectivity index (χ0) is 26.9. The van der Waals surface area contributed by atoms with Crippen molar-refractivity contribution in [2.24, 2.45) is 0 Å². The van der Waals surface area contributed by atoms with E-state index in [9.17, 15) is 9.90 Å². The smallest absolute Gasteiger partial charge is 0.333 e. The highest BCUT2D eigenvalue weighted by Crippen LogP contribution is 2.44. The number of esters is 1. The number of rotatable bonds is 10. The summed E-state index contributed by atoms with van der Waals surface area (Å²) < 4.78 is 36.0. The first-order chi connectivity index (χ1) is 16.6. The zero-order valence-electron chi connectivity index (χ0n) is 22.8. The molecule has 2 aliphatic heterocycles. The third kappa shape index (κ3) is 6.45. The average molecular weight is 523 g/mol. The van der Waals surface area contributed by atoms with Crippen LogP contribution in [0.5, 0.6) is 0 Å². The molecule has 202 valence electrons. The molecule has 0 unspecified atom stereocenters. The summed E-state index contributed by atoms with van der Waals surface area (Å²) in [7, 11) is -0.979. The molecule has 0 bridgehead atoms. The number of carbonyl (C=O) groups is 1. The Hall–Kier alpha value is -1.59. The van der Waals surface area contributed by atoms with Gasteiger partial charge in [-0.05, 0) is 37.5 Å². The second-order valence-corrected chi connectivity index (χ2v) is 16.5. The molecule has 3 rings (SSSR count). The van der Waals surface area contributed by atoms with Gasteiger partial charge in [-0.3, -0.25) is 0 Å². The Kier molecular flexibility index (Phi) is 8.57. The zero-order valence-corrected chi connectivity index (χ0v) is 23.8. The van der Waals surface area contributed by atoms with Crippen molar-refractivity contribution in [1.29, 1.82) is 0 Å². The number of methoxy groups -OCH3 is 1. The maximum Gasteiger partial charge on any atom is 0.333 e. The molecule has 9 heteroatoms. The molecule has 0 spiro atoms. The largest absolute Gasteiger partial charge is 0.466 e. The summed E-state index contributed by atoms with van der Waals surface area (Å²) >= 11 is 0. The van der Waals surface area contributed by atoms with Gasteiger partial charge in [0, 0.05) is 12.0 Å². The molecular formula is C27H42O8Si. The summed E-state index contributed by atoms with van der Waals surface area (Å²) in [6, 6.07) is 9.74. The molecule has 0 aromatic heterocycles. The first-order valence-electron chi connectivity index (χ1n) is 12.4. The van der Waals surface area contributed by atoms with Crippen LogP contribution in [0.4, 0.5) is 0 Å². The van der Waals surface area contributed by atoms with E-state index in [-0.39, 0.29) is 30.2 Å². The molecule has 0 amide bonds. The van der Waals surface area contributed by atoms with E-state index in [2.05, 4.69) is 40.4 Å². The number of benzene rings is 1. The number of carbonyl (C=O) groups excluding carboxylic acids is 1. The predicted molar refractivity (Wildman–Crippen MR) is 138 cm³/mol. The van der Waals surface area contributed by atoms with E-state index < -0.39 is 50.3 Å². The Bertz CT molecular complexity index is 925. The van der Waals surface area contributed by atoms with E-state index in [0.29, 0.717) is 0 Å². The Labute approximate surface area is 216 Å². The van der Waals surface area contributed by atoms with Gasteiger partial charge in [0.1, 0.15) is 23.9 Å². The van der Waals surface area contributed by atoms with Gasteiger partial charge < -0.3 is 33.2 Å². The van der Waals surface area contributed by atoms with Crippen LogP contribution >= 0.6 is 0 Å². The standard InChI is InChI=1S/C27H42O8Si/c1-18(23(28)30-7)15-27(29,17-32-36(8,9)25(2,3)4)22-20(31-16-19-13-11-10-12-14-19)21-24(33-22)35-26(5,6)34-21/h10-14,20-22,24,29H,1,15-17H2,2-9H3/t20-,21-,22+,24-,27-/m1/s1. The lowest BCUT2D eigenvalue weighted by molar-refractivity contribution is -0.248. The molecular weight excluding hydrogens is 480 g/mol. The van der Waals surface area contributed by atoms with E-state index in [1.54, 1.807) is 0 Å². The molecule has 1 N–H and O–H groups in total. The molecule has 1 aromatic rings. The summed E-state index contributed by atoms with van der Waals surface area (Å²) in [6.07, 6.45) is -3.02. The second-order valence-electron chi connectivity index (χ2n) is 11.7. The number of aliphatic hydroxyl groups is 1. The summed E-state index contributed by atoms with van der Waals surface area (Å²) in [5.74, 6) is -1.46. The van der Waals surface area contributed by atoms with Crippen LogP contribution in [-0.4, -0.2) is 69.1 Å². The van der Waals surface area contributed by atoms with E-state index in [4.69, 9.17) is 28.1 Å². The molecule has 2 saturated heterocycles. The molecule has 0 saturated carbocycles. The number of fused-ring (bicyclic) bond motifs is 1. The molecule has 36 heavy (non-hydrogen) atoms. The SMILES string of the molecule is C=C(C[C@@](O)(CO[Si](C)(C)C(C)(C)C)[C@H]1O[C@@H]2OC(C)(C)O[C@@H]2[C@H]1OCc1ccccc1)C(=O)OC. The van der Waals surface area contributed by atoms with Crippen molar-refractivity contribution in [2.45, 2.75) is 102 Å². The Morgan fingerprint density at radius 3 is 2.39 bits per heavy atom. The second kappa shape index (κ2) is 10.6. The van der Waals surface area contributed by atoms with Crippen molar-refractivity contribution in [3.05, 3.63) is 48.0 Å². The van der Waals surface area contributed by atoms with Crippen LogP contribution in [0, 0.1) is 0 Å². The highest BCUT2D eigenvalue weighted by Gasteiger charge is 2.61. The van der Waals surface area contributed by atoms with Crippen LogP contribution < -0.4 is 0 Å². The minimum Gasteiger partial charge on any atom is -0.466 e. The summed E-state index contributed by atoms with van der Waals surface area (Å²) in [6.45, 7) is 18.3. The van der Waals surface area contributed by atoms with Crippen LogP contribution in [0.1, 0.15) is 46.6 Å². The summed E-state index contributed by atoms with van der Waals surface area (Å²) in [4.78, 5) is 12.3. The van der Waals surface area contributed by atoms with Gasteiger partial charge in [0.2, 0.25) is 0 Å². The molecule has 1 aromatic carbocycles. The van der Waals surface area contributed by atoms with E-state index in [0.717, 1.165) is 5.56 Å². The fourth-order valence-electron chi connectivity index (χ4n) is 4.20. The van der Waals surface area contributed by atoms with E-state index in [1.165, 1.54) is 7.11 Å². The lowest BCUT2D eigenvalue weighted by atomic mass is 9.86. The first-order valence-corrected chi connectivity index (χ1v) is 15.3. The van der Waals surface area contributed by atoms with Gasteiger partial charge in [0.15, 0.2) is 20.4 Å². The Morgan fingerprint density at radius 2 is 1.81 bits per heavy atom. The van der Waals surface area contributed by atoms with E-state index >= 15 is 0 Å².